The fraction of sp³-hybridized carbons (Fsp3) is 0.500. The molecule has 0 amide bonds. The molecule has 0 saturated carbocycles. The number of carbonyl (C=O) groups is 1. The largest absolute Gasteiger partial charge is 0.476 e. The van der Waals surface area contributed by atoms with E-state index in [1.807, 2.05) is 0 Å². The monoisotopic (exact) mass is 297 g/mol. The van der Waals surface area contributed by atoms with Crippen molar-refractivity contribution in [3.8, 4) is 0 Å². The standard InChI is InChI=1S/C8H9BF3N2O4S/c10-8(11,12)7-14-5(6(15)16)4(19-7)3-18-2-1-13-9-17/h13,17H,1-3H2,(H,15,16). The molecule has 0 bridgehead atoms. The Morgan fingerprint density at radius 1 is 1.53 bits per heavy atom. The highest BCUT2D eigenvalue weighted by molar-refractivity contribution is 7.12. The predicted octanol–water partition coefficient (Wildman–Crippen LogP) is 0.493. The molecule has 0 aliphatic carbocycles. The second-order valence-corrected chi connectivity index (χ2v) is 4.31. The third-order valence-electron chi connectivity index (χ3n) is 1.86. The lowest BCUT2D eigenvalue weighted by Gasteiger charge is -2.02. The first-order valence-corrected chi connectivity index (χ1v) is 5.75. The number of rotatable bonds is 7. The second-order valence-electron chi connectivity index (χ2n) is 3.23. The third-order valence-corrected chi connectivity index (χ3v) is 2.93. The third kappa shape index (κ3) is 4.78. The van der Waals surface area contributed by atoms with Crippen LogP contribution in [0.15, 0.2) is 0 Å². The van der Waals surface area contributed by atoms with E-state index in [1.165, 1.54) is 0 Å². The van der Waals surface area contributed by atoms with Crippen LogP contribution >= 0.6 is 11.3 Å². The van der Waals surface area contributed by atoms with E-state index in [1.54, 1.807) is 0 Å². The molecule has 6 nitrogen and oxygen atoms in total. The minimum atomic E-state index is -4.68. The first kappa shape index (κ1) is 15.9. The number of nitrogens with zero attached hydrogens (tertiary/aromatic N) is 1. The fourth-order valence-corrected chi connectivity index (χ4v) is 1.96. The molecule has 1 rings (SSSR count). The van der Waals surface area contributed by atoms with Crippen molar-refractivity contribution in [1.82, 2.24) is 10.2 Å². The summed E-state index contributed by atoms with van der Waals surface area (Å²) in [5.74, 6) is -1.54. The number of carboxylic acids is 1. The zero-order valence-electron chi connectivity index (χ0n) is 9.40. The SMILES string of the molecule is O=C(O)c1nc(C(F)(F)F)sc1COCCN[B]O. The van der Waals surface area contributed by atoms with Crippen LogP contribution in [0.25, 0.3) is 0 Å². The minimum Gasteiger partial charge on any atom is -0.476 e. The predicted molar refractivity (Wildman–Crippen MR) is 59.7 cm³/mol. The molecule has 0 aliphatic rings. The molecule has 1 aromatic heterocycles. The summed E-state index contributed by atoms with van der Waals surface area (Å²) in [6, 6.07) is 0. The van der Waals surface area contributed by atoms with Crippen LogP contribution in [0.1, 0.15) is 20.4 Å². The van der Waals surface area contributed by atoms with Crippen molar-refractivity contribution in [1.29, 1.82) is 0 Å². The van der Waals surface area contributed by atoms with Crippen LogP contribution in [0.5, 0.6) is 0 Å². The lowest BCUT2D eigenvalue weighted by atomic mass is 10.3. The summed E-state index contributed by atoms with van der Waals surface area (Å²) in [4.78, 5) is 13.7. The number of hydrogen-bond acceptors (Lipinski definition) is 6. The quantitative estimate of drug-likeness (QED) is 0.501. The smallest absolute Gasteiger partial charge is 0.443 e. The van der Waals surface area contributed by atoms with Gasteiger partial charge in [-0.25, -0.2) is 9.78 Å². The van der Waals surface area contributed by atoms with E-state index in [0.29, 0.717) is 7.62 Å². The van der Waals surface area contributed by atoms with E-state index in [9.17, 15) is 18.0 Å². The number of halogens is 3. The molecule has 1 radical (unpaired) electrons. The number of nitrogens with one attached hydrogen (secondary N) is 1. The molecule has 0 fully saturated rings. The van der Waals surface area contributed by atoms with Crippen LogP contribution in [0, 0.1) is 0 Å². The summed E-state index contributed by atoms with van der Waals surface area (Å²) >= 11 is 0.239. The first-order chi connectivity index (χ1) is 8.86. The van der Waals surface area contributed by atoms with E-state index in [4.69, 9.17) is 14.9 Å². The van der Waals surface area contributed by atoms with Crippen LogP contribution in [0.3, 0.4) is 0 Å². The highest BCUT2D eigenvalue weighted by Gasteiger charge is 2.37. The second kappa shape index (κ2) is 6.84. The Labute approximate surface area is 110 Å². The van der Waals surface area contributed by atoms with Gasteiger partial charge >= 0.3 is 19.8 Å². The summed E-state index contributed by atoms with van der Waals surface area (Å²) in [6.45, 7) is 0.0433. The van der Waals surface area contributed by atoms with Crippen molar-refractivity contribution in [2.45, 2.75) is 12.8 Å². The Balaban J connectivity index is 2.70. The highest BCUT2D eigenvalue weighted by atomic mass is 32.1. The number of thiazole rings is 1. The highest BCUT2D eigenvalue weighted by Crippen LogP contribution is 2.34. The summed E-state index contributed by atoms with van der Waals surface area (Å²) in [6.07, 6.45) is -4.68. The van der Waals surface area contributed by atoms with Crippen molar-refractivity contribution in [2.24, 2.45) is 0 Å². The van der Waals surface area contributed by atoms with E-state index in [-0.39, 0.29) is 36.0 Å². The molecule has 0 atom stereocenters. The maximum atomic E-state index is 12.4. The first-order valence-electron chi connectivity index (χ1n) is 4.93. The van der Waals surface area contributed by atoms with E-state index < -0.39 is 22.8 Å². The summed E-state index contributed by atoms with van der Waals surface area (Å²) in [5.41, 5.74) is -0.654. The number of aromatic nitrogens is 1. The maximum absolute atomic E-state index is 12.4. The van der Waals surface area contributed by atoms with Crippen LogP contribution in [0.4, 0.5) is 13.2 Å². The molecule has 0 saturated heterocycles. The molecule has 3 N–H and O–H groups in total. The molecule has 1 aromatic rings. The van der Waals surface area contributed by atoms with Gasteiger partial charge in [-0.3, -0.25) is 0 Å². The molecule has 0 aliphatic heterocycles. The summed E-state index contributed by atoms with van der Waals surface area (Å²) in [5, 5.41) is 18.2. The van der Waals surface area contributed by atoms with E-state index in [2.05, 4.69) is 10.2 Å². The van der Waals surface area contributed by atoms with Gasteiger partial charge in [0.25, 0.3) is 0 Å². The number of carboxylic acid groups (broad SMARTS) is 1. The Hall–Kier alpha value is -1.17. The Morgan fingerprint density at radius 2 is 2.21 bits per heavy atom. The number of aromatic carboxylic acids is 1. The van der Waals surface area contributed by atoms with Crippen LogP contribution in [0.2, 0.25) is 0 Å². The van der Waals surface area contributed by atoms with Crippen molar-refractivity contribution in [3.05, 3.63) is 15.6 Å². The molecular formula is C8H9BF3N2O4S. The van der Waals surface area contributed by atoms with Gasteiger partial charge in [0.05, 0.1) is 18.1 Å². The van der Waals surface area contributed by atoms with Crippen molar-refractivity contribution >= 4 is 24.9 Å². The van der Waals surface area contributed by atoms with E-state index in [0.717, 1.165) is 0 Å². The van der Waals surface area contributed by atoms with Crippen molar-refractivity contribution < 1.29 is 32.8 Å². The fourth-order valence-electron chi connectivity index (χ4n) is 1.10. The lowest BCUT2D eigenvalue weighted by Crippen LogP contribution is -2.23. The summed E-state index contributed by atoms with van der Waals surface area (Å²) < 4.78 is 42.2. The number of ether oxygens (including phenoxy) is 1. The van der Waals surface area contributed by atoms with Crippen LogP contribution in [-0.2, 0) is 17.5 Å². The Morgan fingerprint density at radius 3 is 2.74 bits per heavy atom. The Bertz CT molecular complexity index is 440. The average Bonchev–Trinajstić information content (AvgIpc) is 2.72. The topological polar surface area (TPSA) is 91.7 Å². The van der Waals surface area contributed by atoms with Gasteiger partial charge in [-0.2, -0.15) is 13.2 Å². The van der Waals surface area contributed by atoms with E-state index >= 15 is 0 Å². The lowest BCUT2D eigenvalue weighted by molar-refractivity contribution is -0.137. The van der Waals surface area contributed by atoms with Gasteiger partial charge in [0.2, 0.25) is 0 Å². The number of alkyl halides is 3. The molecule has 0 aromatic carbocycles. The van der Waals surface area contributed by atoms with Gasteiger partial charge in [-0.15, -0.1) is 11.3 Å². The average molecular weight is 297 g/mol. The molecule has 0 unspecified atom stereocenters. The van der Waals surface area contributed by atoms with Crippen molar-refractivity contribution in [2.75, 3.05) is 13.2 Å². The van der Waals surface area contributed by atoms with Gasteiger partial charge in [0.15, 0.2) is 10.7 Å². The molecule has 19 heavy (non-hydrogen) atoms. The van der Waals surface area contributed by atoms with Gasteiger partial charge in [-0.05, 0) is 0 Å². The summed E-state index contributed by atoms with van der Waals surface area (Å²) in [7, 11) is 0.695. The zero-order chi connectivity index (χ0) is 14.5. The molecule has 0 spiro atoms. The van der Waals surface area contributed by atoms with Gasteiger partial charge in [-0.1, -0.05) is 0 Å². The van der Waals surface area contributed by atoms with Gasteiger partial charge < -0.3 is 20.1 Å². The maximum Gasteiger partial charge on any atom is 0.443 e. The van der Waals surface area contributed by atoms with Gasteiger partial charge in [0.1, 0.15) is 0 Å². The molecule has 11 heteroatoms. The Kier molecular flexibility index (Phi) is 5.72. The zero-order valence-corrected chi connectivity index (χ0v) is 10.2. The van der Waals surface area contributed by atoms with Crippen LogP contribution < -0.4 is 5.23 Å². The molecule has 105 valence electrons. The molecule has 1 heterocycles. The van der Waals surface area contributed by atoms with Crippen molar-refractivity contribution in [3.63, 3.8) is 0 Å². The van der Waals surface area contributed by atoms with Gasteiger partial charge in [0, 0.05) is 6.54 Å². The number of hydrogen-bond donors (Lipinski definition) is 3. The normalized spacial score (nSPS) is 11.6. The molecular weight excluding hydrogens is 288 g/mol. The van der Waals surface area contributed by atoms with Crippen LogP contribution in [-0.4, -0.2) is 41.9 Å². The minimum absolute atomic E-state index is 0.0926.